The highest BCUT2D eigenvalue weighted by Crippen LogP contribution is 2.11. The number of imide groups is 1. The molecule has 3 amide bonds. The highest BCUT2D eigenvalue weighted by molar-refractivity contribution is 5.97. The molecule has 0 radical (unpaired) electrons. The maximum atomic E-state index is 11.3. The summed E-state index contributed by atoms with van der Waals surface area (Å²) >= 11 is 0. The maximum absolute atomic E-state index is 11.3. The quantitative estimate of drug-likeness (QED) is 0.204. The predicted octanol–water partition coefficient (Wildman–Crippen LogP) is -1.14. The Morgan fingerprint density at radius 2 is 1.93 bits per heavy atom. The average molecular weight is 199 g/mol. The second kappa shape index (κ2) is 4.71. The van der Waals surface area contributed by atoms with Crippen LogP contribution in [0.5, 0.6) is 0 Å². The molecule has 0 spiro atoms. The van der Waals surface area contributed by atoms with Crippen LogP contribution in [-0.4, -0.2) is 41.2 Å². The monoisotopic (exact) mass is 199 g/mol. The second-order valence-corrected chi connectivity index (χ2v) is 3.14. The molecule has 0 aromatic heterocycles. The van der Waals surface area contributed by atoms with E-state index in [1.54, 1.807) is 0 Å². The molecule has 6 nitrogen and oxygen atoms in total. The molecule has 1 fully saturated rings. The highest BCUT2D eigenvalue weighted by atomic mass is 16.2. The van der Waals surface area contributed by atoms with Crippen LogP contribution in [0, 0.1) is 0 Å². The van der Waals surface area contributed by atoms with Crippen LogP contribution in [-0.2, 0) is 14.4 Å². The third-order valence-corrected chi connectivity index (χ3v) is 2.10. The van der Waals surface area contributed by atoms with Gasteiger partial charge in [-0.05, 0) is 6.42 Å². The summed E-state index contributed by atoms with van der Waals surface area (Å²) in [4.78, 5) is 33.8. The molecule has 1 heterocycles. The Kier molecular flexibility index (Phi) is 3.58. The first kappa shape index (κ1) is 10.6. The summed E-state index contributed by atoms with van der Waals surface area (Å²) in [5.41, 5.74) is 0. The van der Waals surface area contributed by atoms with Crippen molar-refractivity contribution in [2.24, 2.45) is 5.84 Å². The highest BCUT2D eigenvalue weighted by Gasteiger charge is 2.25. The van der Waals surface area contributed by atoms with Crippen molar-refractivity contribution >= 4 is 18.2 Å². The molecule has 1 aliphatic rings. The largest absolute Gasteiger partial charge is 0.282 e. The number of hydrogen-bond acceptors (Lipinski definition) is 4. The molecule has 0 aromatic carbocycles. The molecule has 1 aliphatic heterocycles. The molecule has 0 aromatic rings. The van der Waals surface area contributed by atoms with Crippen molar-refractivity contribution in [3.63, 3.8) is 0 Å². The van der Waals surface area contributed by atoms with E-state index in [0.717, 1.165) is 9.91 Å². The zero-order valence-electron chi connectivity index (χ0n) is 7.81. The Labute approximate surface area is 81.6 Å². The van der Waals surface area contributed by atoms with E-state index >= 15 is 0 Å². The van der Waals surface area contributed by atoms with E-state index in [1.807, 2.05) is 0 Å². The van der Waals surface area contributed by atoms with Gasteiger partial charge in [0.25, 0.3) is 0 Å². The van der Waals surface area contributed by atoms with Crippen molar-refractivity contribution in [1.82, 2.24) is 9.91 Å². The number of nitrogens with two attached hydrogens (primary N) is 1. The first-order valence-electron chi connectivity index (χ1n) is 4.45. The van der Waals surface area contributed by atoms with E-state index in [4.69, 9.17) is 5.84 Å². The van der Waals surface area contributed by atoms with Crippen molar-refractivity contribution in [1.29, 1.82) is 0 Å². The van der Waals surface area contributed by atoms with E-state index < -0.39 is 0 Å². The smallest absolute Gasteiger partial charge is 0.229 e. The molecule has 0 aliphatic carbocycles. The van der Waals surface area contributed by atoms with Crippen LogP contribution in [0.15, 0.2) is 0 Å². The third-order valence-electron chi connectivity index (χ3n) is 2.10. The van der Waals surface area contributed by atoms with Crippen molar-refractivity contribution in [3.8, 4) is 0 Å². The molecule has 0 unspecified atom stereocenters. The summed E-state index contributed by atoms with van der Waals surface area (Å²) in [6.07, 6.45) is 1.88. The molecule has 6 heteroatoms. The number of rotatable bonds is 4. The van der Waals surface area contributed by atoms with Gasteiger partial charge in [-0.25, -0.2) is 5.84 Å². The molecular formula is C8H13N3O3. The van der Waals surface area contributed by atoms with Gasteiger partial charge in [-0.2, -0.15) is 0 Å². The summed E-state index contributed by atoms with van der Waals surface area (Å²) in [5.74, 6) is 4.84. The van der Waals surface area contributed by atoms with Gasteiger partial charge in [0, 0.05) is 19.4 Å². The SMILES string of the molecule is NN(C=O)CCN1C(=O)CCCC1=O. The molecule has 0 saturated carbocycles. The Bertz CT molecular complexity index is 238. The van der Waals surface area contributed by atoms with E-state index in [9.17, 15) is 14.4 Å². The summed E-state index contributed by atoms with van der Waals surface area (Å²) < 4.78 is 0. The van der Waals surface area contributed by atoms with Gasteiger partial charge >= 0.3 is 0 Å². The van der Waals surface area contributed by atoms with Gasteiger partial charge in [-0.1, -0.05) is 0 Å². The lowest BCUT2D eigenvalue weighted by atomic mass is 10.1. The number of hydrazine groups is 1. The summed E-state index contributed by atoms with van der Waals surface area (Å²) in [5, 5.41) is 0.912. The number of piperidine rings is 1. The van der Waals surface area contributed by atoms with E-state index in [-0.39, 0.29) is 24.9 Å². The molecule has 78 valence electrons. The number of nitrogens with zero attached hydrogens (tertiary/aromatic N) is 2. The van der Waals surface area contributed by atoms with Crippen LogP contribution in [0.2, 0.25) is 0 Å². The minimum Gasteiger partial charge on any atom is -0.282 e. The second-order valence-electron chi connectivity index (χ2n) is 3.14. The summed E-state index contributed by atoms with van der Waals surface area (Å²) in [7, 11) is 0. The van der Waals surface area contributed by atoms with Crippen LogP contribution in [0.3, 0.4) is 0 Å². The lowest BCUT2D eigenvalue weighted by molar-refractivity contribution is -0.148. The fraction of sp³-hybridized carbons (Fsp3) is 0.625. The zero-order valence-corrected chi connectivity index (χ0v) is 7.81. The lowest BCUT2D eigenvalue weighted by Gasteiger charge is -2.25. The molecule has 1 rings (SSSR count). The molecular weight excluding hydrogens is 186 g/mol. The first-order chi connectivity index (χ1) is 6.65. The van der Waals surface area contributed by atoms with Gasteiger partial charge < -0.3 is 0 Å². The van der Waals surface area contributed by atoms with Crippen molar-refractivity contribution < 1.29 is 14.4 Å². The maximum Gasteiger partial charge on any atom is 0.229 e. The molecule has 0 bridgehead atoms. The minimum atomic E-state index is -0.180. The normalized spacial score (nSPS) is 17.1. The predicted molar refractivity (Wildman–Crippen MR) is 47.5 cm³/mol. The van der Waals surface area contributed by atoms with Gasteiger partial charge in [0.2, 0.25) is 18.2 Å². The van der Waals surface area contributed by atoms with Crippen LogP contribution >= 0.6 is 0 Å². The van der Waals surface area contributed by atoms with Crippen LogP contribution in [0.25, 0.3) is 0 Å². The summed E-state index contributed by atoms with van der Waals surface area (Å²) in [6, 6.07) is 0. The Balaban J connectivity index is 2.44. The number of hydrogen-bond donors (Lipinski definition) is 1. The number of likely N-dealkylation sites (tertiary alicyclic amines) is 1. The van der Waals surface area contributed by atoms with Gasteiger partial charge in [0.05, 0.1) is 6.54 Å². The van der Waals surface area contributed by atoms with Gasteiger partial charge in [0.15, 0.2) is 0 Å². The number of carbonyl (C=O) groups excluding carboxylic acids is 3. The Hall–Kier alpha value is -1.43. The molecule has 0 atom stereocenters. The van der Waals surface area contributed by atoms with E-state index in [0.29, 0.717) is 25.7 Å². The van der Waals surface area contributed by atoms with Gasteiger partial charge in [0.1, 0.15) is 0 Å². The van der Waals surface area contributed by atoms with Gasteiger partial charge in [-0.15, -0.1) is 0 Å². The van der Waals surface area contributed by atoms with Crippen molar-refractivity contribution in [2.45, 2.75) is 19.3 Å². The first-order valence-corrected chi connectivity index (χ1v) is 4.45. The standard InChI is InChI=1S/C8H13N3O3/c9-10(6-12)4-5-11-7(13)2-1-3-8(11)14/h6H,1-5,9H2. The minimum absolute atomic E-state index is 0.180. The fourth-order valence-corrected chi connectivity index (χ4v) is 1.32. The molecule has 2 N–H and O–H groups in total. The topological polar surface area (TPSA) is 83.7 Å². The fourth-order valence-electron chi connectivity index (χ4n) is 1.32. The Morgan fingerprint density at radius 1 is 1.36 bits per heavy atom. The number of carbonyl (C=O) groups is 3. The van der Waals surface area contributed by atoms with Crippen LogP contribution in [0.1, 0.15) is 19.3 Å². The molecule has 14 heavy (non-hydrogen) atoms. The van der Waals surface area contributed by atoms with E-state index in [2.05, 4.69) is 0 Å². The average Bonchev–Trinajstić information content (AvgIpc) is 2.16. The summed E-state index contributed by atoms with van der Waals surface area (Å²) in [6.45, 7) is 0.369. The molecule has 1 saturated heterocycles. The van der Waals surface area contributed by atoms with E-state index in [1.165, 1.54) is 0 Å². The van der Waals surface area contributed by atoms with Crippen LogP contribution in [0.4, 0.5) is 0 Å². The van der Waals surface area contributed by atoms with Crippen LogP contribution < -0.4 is 5.84 Å². The third kappa shape index (κ3) is 2.53. The van der Waals surface area contributed by atoms with Crippen molar-refractivity contribution in [2.75, 3.05) is 13.1 Å². The van der Waals surface area contributed by atoms with Crippen molar-refractivity contribution in [3.05, 3.63) is 0 Å². The lowest BCUT2D eigenvalue weighted by Crippen LogP contribution is -2.45. The van der Waals surface area contributed by atoms with Gasteiger partial charge in [-0.3, -0.25) is 24.3 Å². The Morgan fingerprint density at radius 3 is 2.43 bits per heavy atom. The zero-order chi connectivity index (χ0) is 10.6. The number of amides is 3.